The number of halogens is 3. The average Bonchev–Trinajstić information content (AvgIpc) is 2.77. The highest BCUT2D eigenvalue weighted by atomic mass is 19.4. The van der Waals surface area contributed by atoms with Crippen molar-refractivity contribution < 1.29 is 32.6 Å². The third kappa shape index (κ3) is 3.96. The lowest BCUT2D eigenvalue weighted by molar-refractivity contribution is -0.192. The Labute approximate surface area is 113 Å². The lowest BCUT2D eigenvalue weighted by Gasteiger charge is -2.27. The molecule has 1 saturated heterocycles. The quantitative estimate of drug-likeness (QED) is 0.568. The number of esters is 1. The molecule has 2 atom stereocenters. The molecule has 1 spiro atoms. The molecular formula is C12H16F3NO4. The van der Waals surface area contributed by atoms with Crippen LogP contribution in [-0.2, 0) is 14.3 Å². The van der Waals surface area contributed by atoms with E-state index >= 15 is 0 Å². The van der Waals surface area contributed by atoms with Crippen LogP contribution < -0.4 is 5.32 Å². The van der Waals surface area contributed by atoms with Crippen LogP contribution in [0.15, 0.2) is 12.2 Å². The van der Waals surface area contributed by atoms with Crippen molar-refractivity contribution >= 4 is 11.9 Å². The third-order valence-corrected chi connectivity index (χ3v) is 3.16. The number of rotatable bonds is 1. The van der Waals surface area contributed by atoms with Crippen LogP contribution in [0.1, 0.15) is 26.2 Å². The van der Waals surface area contributed by atoms with Crippen molar-refractivity contribution in [1.82, 2.24) is 5.32 Å². The normalized spacial score (nSPS) is 28.8. The maximum atomic E-state index is 11.5. The molecule has 0 bridgehead atoms. The molecule has 0 saturated carbocycles. The number of hydrogen-bond donors (Lipinski definition) is 2. The summed E-state index contributed by atoms with van der Waals surface area (Å²) in [6.45, 7) is 2.56. The molecule has 0 radical (unpaired) electrons. The van der Waals surface area contributed by atoms with Crippen molar-refractivity contribution in [2.75, 3.05) is 6.61 Å². The first-order valence-corrected chi connectivity index (χ1v) is 6.14. The van der Waals surface area contributed by atoms with Crippen LogP contribution in [0.5, 0.6) is 0 Å². The Kier molecular flexibility index (Phi) is 5.15. The van der Waals surface area contributed by atoms with Gasteiger partial charge in [-0.1, -0.05) is 13.0 Å². The van der Waals surface area contributed by atoms with E-state index in [9.17, 15) is 18.0 Å². The molecule has 2 aliphatic heterocycles. The molecule has 1 fully saturated rings. The fourth-order valence-corrected chi connectivity index (χ4v) is 2.08. The number of hydrogen-bond acceptors (Lipinski definition) is 4. The minimum Gasteiger partial charge on any atom is -0.475 e. The monoisotopic (exact) mass is 295 g/mol. The zero-order valence-corrected chi connectivity index (χ0v) is 10.9. The summed E-state index contributed by atoms with van der Waals surface area (Å²) in [6, 6.07) is 0.468. The molecule has 0 aromatic rings. The summed E-state index contributed by atoms with van der Waals surface area (Å²) in [6.07, 6.45) is 1.82. The van der Waals surface area contributed by atoms with E-state index in [0.29, 0.717) is 12.6 Å². The molecule has 2 rings (SSSR count). The predicted molar refractivity (Wildman–Crippen MR) is 63.0 cm³/mol. The van der Waals surface area contributed by atoms with Gasteiger partial charge in [0.05, 0.1) is 0 Å². The molecule has 2 aliphatic rings. The van der Waals surface area contributed by atoms with E-state index in [4.69, 9.17) is 14.6 Å². The lowest BCUT2D eigenvalue weighted by atomic mass is 9.96. The smallest absolute Gasteiger partial charge is 0.475 e. The molecule has 8 heteroatoms. The van der Waals surface area contributed by atoms with Gasteiger partial charge in [0.15, 0.2) is 0 Å². The van der Waals surface area contributed by atoms with Crippen LogP contribution in [-0.4, -0.2) is 41.4 Å². The molecule has 2 N–H and O–H groups in total. The number of carbonyl (C=O) groups is 2. The van der Waals surface area contributed by atoms with Crippen LogP contribution >= 0.6 is 0 Å². The van der Waals surface area contributed by atoms with Crippen LogP contribution in [0.3, 0.4) is 0 Å². The molecule has 114 valence electrons. The SMILES string of the molecule is CC[C@H]1CC[C@@]2(C=CCOC2=O)N1.O=C(O)C(F)(F)F. The summed E-state index contributed by atoms with van der Waals surface area (Å²) in [5, 5.41) is 10.5. The summed E-state index contributed by atoms with van der Waals surface area (Å²) < 4.78 is 36.8. The predicted octanol–water partition coefficient (Wildman–Crippen LogP) is 1.63. The minimum absolute atomic E-state index is 0.106. The molecular weight excluding hydrogens is 279 g/mol. The Morgan fingerprint density at radius 2 is 2.20 bits per heavy atom. The van der Waals surface area contributed by atoms with E-state index in [0.717, 1.165) is 19.3 Å². The number of aliphatic carboxylic acids is 1. The second-order valence-electron chi connectivity index (χ2n) is 4.56. The summed E-state index contributed by atoms with van der Waals surface area (Å²) >= 11 is 0. The number of carbonyl (C=O) groups excluding carboxylic acids is 1. The Balaban J connectivity index is 0.000000246. The highest BCUT2D eigenvalue weighted by Crippen LogP contribution is 2.29. The highest BCUT2D eigenvalue weighted by molar-refractivity contribution is 5.85. The van der Waals surface area contributed by atoms with Crippen LogP contribution in [0.4, 0.5) is 13.2 Å². The fourth-order valence-electron chi connectivity index (χ4n) is 2.08. The Morgan fingerprint density at radius 1 is 1.60 bits per heavy atom. The van der Waals surface area contributed by atoms with E-state index in [2.05, 4.69) is 12.2 Å². The van der Waals surface area contributed by atoms with Gasteiger partial charge in [0, 0.05) is 6.04 Å². The molecule has 0 unspecified atom stereocenters. The Morgan fingerprint density at radius 3 is 2.60 bits per heavy atom. The second kappa shape index (κ2) is 6.25. The fraction of sp³-hybridized carbons (Fsp3) is 0.667. The van der Waals surface area contributed by atoms with E-state index in [-0.39, 0.29) is 5.97 Å². The largest absolute Gasteiger partial charge is 0.490 e. The molecule has 0 aliphatic carbocycles. The lowest BCUT2D eigenvalue weighted by Crippen LogP contribution is -2.50. The average molecular weight is 295 g/mol. The number of nitrogens with one attached hydrogen (secondary N) is 1. The highest BCUT2D eigenvalue weighted by Gasteiger charge is 2.44. The van der Waals surface area contributed by atoms with Gasteiger partial charge in [-0.15, -0.1) is 0 Å². The van der Waals surface area contributed by atoms with Gasteiger partial charge in [0.2, 0.25) is 0 Å². The summed E-state index contributed by atoms with van der Waals surface area (Å²) in [5.41, 5.74) is -0.487. The van der Waals surface area contributed by atoms with Gasteiger partial charge in [-0.2, -0.15) is 13.2 Å². The number of carboxylic acids is 1. The maximum Gasteiger partial charge on any atom is 0.490 e. The second-order valence-corrected chi connectivity index (χ2v) is 4.56. The first-order chi connectivity index (χ1) is 9.21. The van der Waals surface area contributed by atoms with E-state index in [1.165, 1.54) is 0 Å². The zero-order chi connectivity index (χ0) is 15.4. The number of carboxylic acid groups (broad SMARTS) is 1. The van der Waals surface area contributed by atoms with Crippen molar-refractivity contribution in [3.05, 3.63) is 12.2 Å². The maximum absolute atomic E-state index is 11.5. The summed E-state index contributed by atoms with van der Waals surface area (Å²) in [5.74, 6) is -2.86. The van der Waals surface area contributed by atoms with Gasteiger partial charge in [-0.25, -0.2) is 9.59 Å². The minimum atomic E-state index is -5.08. The molecule has 0 aromatic heterocycles. The summed E-state index contributed by atoms with van der Waals surface area (Å²) in [4.78, 5) is 20.4. The van der Waals surface area contributed by atoms with Gasteiger partial charge < -0.3 is 9.84 Å². The summed E-state index contributed by atoms with van der Waals surface area (Å²) in [7, 11) is 0. The molecule has 2 heterocycles. The number of ether oxygens (including phenoxy) is 1. The van der Waals surface area contributed by atoms with Gasteiger partial charge >= 0.3 is 18.1 Å². The first-order valence-electron chi connectivity index (χ1n) is 6.14. The molecule has 20 heavy (non-hydrogen) atoms. The van der Waals surface area contributed by atoms with Crippen molar-refractivity contribution in [1.29, 1.82) is 0 Å². The number of alkyl halides is 3. The molecule has 5 nitrogen and oxygen atoms in total. The first kappa shape index (κ1) is 16.5. The van der Waals surface area contributed by atoms with Gasteiger partial charge in [0.25, 0.3) is 0 Å². The van der Waals surface area contributed by atoms with Crippen LogP contribution in [0.25, 0.3) is 0 Å². The van der Waals surface area contributed by atoms with Crippen molar-refractivity contribution in [3.8, 4) is 0 Å². The zero-order valence-electron chi connectivity index (χ0n) is 10.9. The van der Waals surface area contributed by atoms with E-state index in [1.807, 2.05) is 12.2 Å². The van der Waals surface area contributed by atoms with E-state index < -0.39 is 17.7 Å². The standard InChI is InChI=1S/C10H15NO2.C2HF3O2/c1-2-8-4-6-10(11-8)5-3-7-13-9(10)12;3-2(4,5)1(6)7/h3,5,8,11H,2,4,6-7H2,1H3;(H,6,7)/t8-,10+;/m0./s1. The van der Waals surface area contributed by atoms with Crippen molar-refractivity contribution in [3.63, 3.8) is 0 Å². The van der Waals surface area contributed by atoms with Gasteiger partial charge in [0.1, 0.15) is 12.1 Å². The third-order valence-electron chi connectivity index (χ3n) is 3.16. The van der Waals surface area contributed by atoms with Crippen LogP contribution in [0.2, 0.25) is 0 Å². The van der Waals surface area contributed by atoms with Gasteiger partial charge in [-0.05, 0) is 25.3 Å². The molecule has 0 aromatic carbocycles. The Hall–Kier alpha value is -1.57. The van der Waals surface area contributed by atoms with Crippen molar-refractivity contribution in [2.24, 2.45) is 0 Å². The topological polar surface area (TPSA) is 75.6 Å². The number of cyclic esters (lactones) is 1. The van der Waals surface area contributed by atoms with Gasteiger partial charge in [-0.3, -0.25) is 5.32 Å². The van der Waals surface area contributed by atoms with E-state index in [1.54, 1.807) is 0 Å². The van der Waals surface area contributed by atoms with Crippen LogP contribution in [0, 0.1) is 0 Å². The Bertz CT molecular complexity index is 408. The molecule has 0 amide bonds. The van der Waals surface area contributed by atoms with Crippen molar-refractivity contribution in [2.45, 2.75) is 43.9 Å².